The summed E-state index contributed by atoms with van der Waals surface area (Å²) < 4.78 is 24.3. The second-order valence-corrected chi connectivity index (χ2v) is 6.16. The highest BCUT2D eigenvalue weighted by Crippen LogP contribution is 2.33. The van der Waals surface area contributed by atoms with Crippen LogP contribution in [-0.2, 0) is 10.0 Å². The number of hydrogen-bond acceptors (Lipinski definition) is 4. The Labute approximate surface area is 128 Å². The van der Waals surface area contributed by atoms with Gasteiger partial charge in [0.1, 0.15) is 4.90 Å². The van der Waals surface area contributed by atoms with E-state index in [2.05, 4.69) is 9.97 Å². The maximum atomic E-state index is 12.1. The van der Waals surface area contributed by atoms with Gasteiger partial charge in [0.15, 0.2) is 5.82 Å². The molecule has 0 radical (unpaired) electrons. The molecule has 0 bridgehead atoms. The molecule has 0 spiro atoms. The standard InChI is InChI=1S/C16H13N3O2S/c17-22(20,21)15-13(12-6-2-1-3-7-12)8-4-9-14(15)16-18-10-5-11-19-16/h1-11H,(H2,17,20,21). The van der Waals surface area contributed by atoms with Gasteiger partial charge in [-0.05, 0) is 17.7 Å². The smallest absolute Gasteiger partial charge is 0.237 e. The zero-order valence-corrected chi connectivity index (χ0v) is 12.4. The first-order valence-electron chi connectivity index (χ1n) is 6.56. The van der Waals surface area contributed by atoms with Gasteiger partial charge in [-0.25, -0.2) is 23.5 Å². The van der Waals surface area contributed by atoms with Crippen LogP contribution in [0.2, 0.25) is 0 Å². The van der Waals surface area contributed by atoms with E-state index in [0.717, 1.165) is 5.56 Å². The van der Waals surface area contributed by atoms with Gasteiger partial charge in [-0.15, -0.1) is 0 Å². The lowest BCUT2D eigenvalue weighted by molar-refractivity contribution is 0.598. The predicted molar refractivity (Wildman–Crippen MR) is 84.3 cm³/mol. The van der Waals surface area contributed by atoms with E-state index in [4.69, 9.17) is 5.14 Å². The van der Waals surface area contributed by atoms with Crippen LogP contribution >= 0.6 is 0 Å². The molecule has 1 heterocycles. The Kier molecular flexibility index (Phi) is 3.70. The van der Waals surface area contributed by atoms with Crippen LogP contribution in [0.25, 0.3) is 22.5 Å². The molecule has 5 nitrogen and oxygen atoms in total. The van der Waals surface area contributed by atoms with Crippen molar-refractivity contribution >= 4 is 10.0 Å². The molecule has 3 rings (SSSR count). The van der Waals surface area contributed by atoms with E-state index in [1.807, 2.05) is 30.3 Å². The fourth-order valence-electron chi connectivity index (χ4n) is 2.30. The van der Waals surface area contributed by atoms with Crippen LogP contribution in [0.5, 0.6) is 0 Å². The zero-order valence-electron chi connectivity index (χ0n) is 11.5. The van der Waals surface area contributed by atoms with Gasteiger partial charge in [0, 0.05) is 23.5 Å². The summed E-state index contributed by atoms with van der Waals surface area (Å²) in [4.78, 5) is 8.29. The number of rotatable bonds is 3. The number of nitrogens with zero attached hydrogens (tertiary/aromatic N) is 2. The Hall–Kier alpha value is -2.57. The molecule has 0 fully saturated rings. The summed E-state index contributed by atoms with van der Waals surface area (Å²) in [6.45, 7) is 0. The topological polar surface area (TPSA) is 85.9 Å². The van der Waals surface area contributed by atoms with Crippen molar-refractivity contribution in [3.8, 4) is 22.5 Å². The van der Waals surface area contributed by atoms with Gasteiger partial charge >= 0.3 is 0 Å². The van der Waals surface area contributed by atoms with Crippen LogP contribution in [0.3, 0.4) is 0 Å². The summed E-state index contributed by atoms with van der Waals surface area (Å²) in [7, 11) is -3.94. The number of sulfonamides is 1. The van der Waals surface area contributed by atoms with Crippen LogP contribution in [0.1, 0.15) is 0 Å². The average Bonchev–Trinajstić information content (AvgIpc) is 2.55. The van der Waals surface area contributed by atoms with E-state index in [1.165, 1.54) is 0 Å². The van der Waals surface area contributed by atoms with Gasteiger partial charge in [-0.3, -0.25) is 0 Å². The molecule has 0 aliphatic rings. The van der Waals surface area contributed by atoms with E-state index >= 15 is 0 Å². The fraction of sp³-hybridized carbons (Fsp3) is 0. The second kappa shape index (κ2) is 5.67. The first-order valence-corrected chi connectivity index (χ1v) is 8.10. The minimum atomic E-state index is -3.94. The first-order chi connectivity index (χ1) is 10.6. The van der Waals surface area contributed by atoms with E-state index in [0.29, 0.717) is 17.0 Å². The molecule has 0 aliphatic heterocycles. The molecule has 22 heavy (non-hydrogen) atoms. The van der Waals surface area contributed by atoms with E-state index in [1.54, 1.807) is 36.7 Å². The molecule has 1 aromatic heterocycles. The van der Waals surface area contributed by atoms with Crippen molar-refractivity contribution in [1.29, 1.82) is 0 Å². The molecular formula is C16H13N3O2S. The number of aromatic nitrogens is 2. The minimum Gasteiger partial charge on any atom is -0.237 e. The summed E-state index contributed by atoms with van der Waals surface area (Å²) in [6, 6.07) is 16.0. The predicted octanol–water partition coefficient (Wildman–Crippen LogP) is 2.46. The Morgan fingerprint density at radius 3 is 2.05 bits per heavy atom. The summed E-state index contributed by atoms with van der Waals surface area (Å²) in [5.41, 5.74) is 1.70. The Morgan fingerprint density at radius 2 is 1.41 bits per heavy atom. The SMILES string of the molecule is NS(=O)(=O)c1c(-c2ccccc2)cccc1-c1ncccn1. The van der Waals surface area contributed by atoms with Gasteiger partial charge in [0.2, 0.25) is 10.0 Å². The third-order valence-electron chi connectivity index (χ3n) is 3.19. The van der Waals surface area contributed by atoms with Crippen molar-refractivity contribution in [2.45, 2.75) is 4.90 Å². The molecule has 0 amide bonds. The van der Waals surface area contributed by atoms with Crippen LogP contribution in [-0.4, -0.2) is 18.4 Å². The second-order valence-electron chi connectivity index (χ2n) is 4.67. The normalized spacial score (nSPS) is 11.3. The van der Waals surface area contributed by atoms with Crippen LogP contribution in [0.15, 0.2) is 71.9 Å². The molecule has 0 saturated heterocycles. The molecule has 110 valence electrons. The molecule has 2 aromatic carbocycles. The van der Waals surface area contributed by atoms with Crippen molar-refractivity contribution in [3.63, 3.8) is 0 Å². The highest BCUT2D eigenvalue weighted by molar-refractivity contribution is 7.89. The average molecular weight is 311 g/mol. The van der Waals surface area contributed by atoms with E-state index in [-0.39, 0.29) is 4.90 Å². The fourth-order valence-corrected chi connectivity index (χ4v) is 3.26. The van der Waals surface area contributed by atoms with Crippen LogP contribution in [0, 0.1) is 0 Å². The zero-order chi connectivity index (χ0) is 15.6. The third kappa shape index (κ3) is 2.74. The molecule has 0 atom stereocenters. The van der Waals surface area contributed by atoms with Gasteiger partial charge in [-0.1, -0.05) is 42.5 Å². The van der Waals surface area contributed by atoms with E-state index in [9.17, 15) is 8.42 Å². The molecule has 6 heteroatoms. The Balaban J connectivity index is 2.34. The van der Waals surface area contributed by atoms with Crippen molar-refractivity contribution in [3.05, 3.63) is 67.0 Å². The molecule has 0 unspecified atom stereocenters. The molecule has 0 aliphatic carbocycles. The lowest BCUT2D eigenvalue weighted by Crippen LogP contribution is -2.15. The van der Waals surface area contributed by atoms with Gasteiger partial charge in [-0.2, -0.15) is 0 Å². The summed E-state index contributed by atoms with van der Waals surface area (Å²) in [5.74, 6) is 0.323. The summed E-state index contributed by atoms with van der Waals surface area (Å²) >= 11 is 0. The van der Waals surface area contributed by atoms with Gasteiger partial charge < -0.3 is 0 Å². The largest absolute Gasteiger partial charge is 0.239 e. The number of hydrogen-bond donors (Lipinski definition) is 1. The Bertz CT molecular complexity index is 837. The molecule has 0 saturated carbocycles. The quantitative estimate of drug-likeness (QED) is 0.805. The van der Waals surface area contributed by atoms with Crippen molar-refractivity contribution < 1.29 is 8.42 Å². The van der Waals surface area contributed by atoms with Gasteiger partial charge in [0.25, 0.3) is 0 Å². The summed E-state index contributed by atoms with van der Waals surface area (Å²) in [5, 5.41) is 5.45. The lowest BCUT2D eigenvalue weighted by atomic mass is 10.0. The van der Waals surface area contributed by atoms with Gasteiger partial charge in [0.05, 0.1) is 0 Å². The lowest BCUT2D eigenvalue weighted by Gasteiger charge is -2.12. The maximum absolute atomic E-state index is 12.1. The monoisotopic (exact) mass is 311 g/mol. The van der Waals surface area contributed by atoms with Crippen molar-refractivity contribution in [1.82, 2.24) is 9.97 Å². The highest BCUT2D eigenvalue weighted by Gasteiger charge is 2.22. The van der Waals surface area contributed by atoms with Crippen molar-refractivity contribution in [2.75, 3.05) is 0 Å². The number of primary sulfonamides is 1. The van der Waals surface area contributed by atoms with Crippen molar-refractivity contribution in [2.24, 2.45) is 5.14 Å². The van der Waals surface area contributed by atoms with E-state index < -0.39 is 10.0 Å². The molecule has 3 aromatic rings. The first kappa shape index (κ1) is 14.4. The van der Waals surface area contributed by atoms with Crippen LogP contribution < -0.4 is 5.14 Å². The number of nitrogens with two attached hydrogens (primary N) is 1. The molecular weight excluding hydrogens is 298 g/mol. The number of benzene rings is 2. The maximum Gasteiger partial charge on any atom is 0.239 e. The highest BCUT2D eigenvalue weighted by atomic mass is 32.2. The third-order valence-corrected chi connectivity index (χ3v) is 4.20. The summed E-state index contributed by atoms with van der Waals surface area (Å²) in [6.07, 6.45) is 3.12. The minimum absolute atomic E-state index is 0.0346. The Morgan fingerprint density at radius 1 is 0.773 bits per heavy atom. The molecule has 2 N–H and O–H groups in total. The van der Waals surface area contributed by atoms with Crippen LogP contribution in [0.4, 0.5) is 0 Å².